The summed E-state index contributed by atoms with van der Waals surface area (Å²) >= 11 is 0. The normalized spacial score (nSPS) is 16.1. The third-order valence-corrected chi connectivity index (χ3v) is 3.87. The van der Waals surface area contributed by atoms with E-state index in [1.54, 1.807) is 12.3 Å². The maximum atomic E-state index is 12.3. The number of aromatic nitrogens is 1. The first-order chi connectivity index (χ1) is 9.20. The van der Waals surface area contributed by atoms with Gasteiger partial charge in [0.05, 0.1) is 0 Å². The van der Waals surface area contributed by atoms with Gasteiger partial charge in [0.15, 0.2) is 0 Å². The molecule has 0 spiro atoms. The van der Waals surface area contributed by atoms with Gasteiger partial charge in [0, 0.05) is 32.5 Å². The van der Waals surface area contributed by atoms with Gasteiger partial charge in [-0.15, -0.1) is 0 Å². The van der Waals surface area contributed by atoms with Crippen LogP contribution in [0.1, 0.15) is 42.6 Å². The predicted octanol–water partition coefficient (Wildman–Crippen LogP) is 2.78. The molecule has 1 saturated carbocycles. The number of amides is 1. The lowest BCUT2D eigenvalue weighted by Crippen LogP contribution is -2.33. The van der Waals surface area contributed by atoms with Gasteiger partial charge in [0.1, 0.15) is 5.69 Å². The van der Waals surface area contributed by atoms with Crippen molar-refractivity contribution >= 4 is 11.6 Å². The number of carbonyl (C=O) groups is 1. The summed E-state index contributed by atoms with van der Waals surface area (Å²) in [5.74, 6) is 0.679. The van der Waals surface area contributed by atoms with Gasteiger partial charge in [-0.1, -0.05) is 19.3 Å². The van der Waals surface area contributed by atoms with Crippen molar-refractivity contribution < 1.29 is 4.79 Å². The van der Waals surface area contributed by atoms with Gasteiger partial charge in [-0.3, -0.25) is 9.78 Å². The highest BCUT2D eigenvalue weighted by Gasteiger charge is 2.19. The van der Waals surface area contributed by atoms with E-state index in [0.29, 0.717) is 11.6 Å². The third kappa shape index (κ3) is 3.69. The fraction of sp³-hybridized carbons (Fsp3) is 0.600. The molecular formula is C15H23N3O. The summed E-state index contributed by atoms with van der Waals surface area (Å²) in [5.41, 5.74) is 1.44. The molecule has 0 radical (unpaired) electrons. The molecule has 1 aromatic rings. The number of nitrogens with one attached hydrogen (secondary N) is 1. The minimum absolute atomic E-state index is 0.0164. The molecule has 1 fully saturated rings. The van der Waals surface area contributed by atoms with Crippen LogP contribution in [0.25, 0.3) is 0 Å². The first-order valence-electron chi connectivity index (χ1n) is 7.10. The molecule has 1 aliphatic rings. The van der Waals surface area contributed by atoms with Gasteiger partial charge in [-0.2, -0.15) is 0 Å². The van der Waals surface area contributed by atoms with Crippen molar-refractivity contribution in [3.63, 3.8) is 0 Å². The van der Waals surface area contributed by atoms with Gasteiger partial charge < -0.3 is 10.2 Å². The van der Waals surface area contributed by atoms with Gasteiger partial charge in [-0.25, -0.2) is 0 Å². The van der Waals surface area contributed by atoms with E-state index in [4.69, 9.17) is 0 Å². The van der Waals surface area contributed by atoms with Crippen LogP contribution < -0.4 is 5.32 Å². The van der Waals surface area contributed by atoms with Crippen LogP contribution in [0.2, 0.25) is 0 Å². The smallest absolute Gasteiger partial charge is 0.272 e. The zero-order valence-corrected chi connectivity index (χ0v) is 11.9. The van der Waals surface area contributed by atoms with E-state index in [1.807, 2.05) is 25.1 Å². The monoisotopic (exact) mass is 261 g/mol. The molecule has 1 aliphatic carbocycles. The second-order valence-corrected chi connectivity index (χ2v) is 5.37. The van der Waals surface area contributed by atoms with Crippen LogP contribution in [0.4, 0.5) is 5.69 Å². The van der Waals surface area contributed by atoms with Crippen LogP contribution in [0.15, 0.2) is 18.3 Å². The van der Waals surface area contributed by atoms with Crippen molar-refractivity contribution in [1.29, 1.82) is 0 Å². The summed E-state index contributed by atoms with van der Waals surface area (Å²) in [6.07, 6.45) is 8.14. The van der Waals surface area contributed by atoms with Crippen LogP contribution in [0, 0.1) is 5.92 Å². The number of hydrogen-bond acceptors (Lipinski definition) is 3. The van der Waals surface area contributed by atoms with Crippen LogP contribution in [-0.4, -0.2) is 36.4 Å². The summed E-state index contributed by atoms with van der Waals surface area (Å²) in [4.78, 5) is 18.3. The second-order valence-electron chi connectivity index (χ2n) is 5.37. The van der Waals surface area contributed by atoms with E-state index in [-0.39, 0.29) is 5.91 Å². The van der Waals surface area contributed by atoms with Crippen LogP contribution in [0.3, 0.4) is 0 Å². The van der Waals surface area contributed by atoms with Crippen molar-refractivity contribution in [2.24, 2.45) is 5.92 Å². The van der Waals surface area contributed by atoms with Gasteiger partial charge in [0.2, 0.25) is 0 Å². The quantitative estimate of drug-likeness (QED) is 0.906. The van der Waals surface area contributed by atoms with Crippen molar-refractivity contribution in [3.05, 3.63) is 24.0 Å². The topological polar surface area (TPSA) is 45.2 Å². The van der Waals surface area contributed by atoms with E-state index < -0.39 is 0 Å². The lowest BCUT2D eigenvalue weighted by molar-refractivity contribution is 0.0755. The molecule has 2 rings (SSSR count). The molecule has 0 unspecified atom stereocenters. The lowest BCUT2D eigenvalue weighted by Gasteiger charge is -2.26. The van der Waals surface area contributed by atoms with Crippen molar-refractivity contribution in [1.82, 2.24) is 9.88 Å². The van der Waals surface area contributed by atoms with Crippen LogP contribution in [0.5, 0.6) is 0 Å². The maximum absolute atomic E-state index is 12.3. The Morgan fingerprint density at radius 3 is 2.84 bits per heavy atom. The Morgan fingerprint density at radius 1 is 1.42 bits per heavy atom. The fourth-order valence-electron chi connectivity index (χ4n) is 2.74. The molecule has 1 heterocycles. The number of carbonyl (C=O) groups excluding carboxylic acids is 1. The van der Waals surface area contributed by atoms with Crippen molar-refractivity contribution in [2.45, 2.75) is 32.1 Å². The molecule has 0 aromatic carbocycles. The molecule has 0 saturated heterocycles. The lowest BCUT2D eigenvalue weighted by atomic mass is 9.89. The first-order valence-corrected chi connectivity index (χ1v) is 7.10. The van der Waals surface area contributed by atoms with Crippen LogP contribution >= 0.6 is 0 Å². The minimum atomic E-state index is 0.0164. The Bertz CT molecular complexity index is 427. The zero-order valence-electron chi connectivity index (χ0n) is 11.9. The summed E-state index contributed by atoms with van der Waals surface area (Å²) in [7, 11) is 3.72. The standard InChI is InChI=1S/C15H23N3O/c1-16-13-8-9-17-14(10-13)15(19)18(2)11-12-6-4-3-5-7-12/h8-10,12H,3-7,11H2,1-2H3,(H,16,17). The van der Waals surface area contributed by atoms with E-state index in [9.17, 15) is 4.79 Å². The highest BCUT2D eigenvalue weighted by Crippen LogP contribution is 2.24. The molecular weight excluding hydrogens is 238 g/mol. The SMILES string of the molecule is CNc1ccnc(C(=O)N(C)CC2CCCCC2)c1. The minimum Gasteiger partial charge on any atom is -0.388 e. The van der Waals surface area contributed by atoms with Crippen molar-refractivity contribution in [3.8, 4) is 0 Å². The molecule has 0 atom stereocenters. The average molecular weight is 261 g/mol. The molecule has 1 N–H and O–H groups in total. The largest absolute Gasteiger partial charge is 0.388 e. The number of anilines is 1. The third-order valence-electron chi connectivity index (χ3n) is 3.87. The molecule has 0 bridgehead atoms. The first kappa shape index (κ1) is 13.8. The molecule has 1 aromatic heterocycles. The Balaban J connectivity index is 1.97. The average Bonchev–Trinajstić information content (AvgIpc) is 2.47. The summed E-state index contributed by atoms with van der Waals surface area (Å²) in [6.45, 7) is 0.851. The van der Waals surface area contributed by atoms with Crippen molar-refractivity contribution in [2.75, 3.05) is 26.0 Å². The van der Waals surface area contributed by atoms with Gasteiger partial charge in [0.25, 0.3) is 5.91 Å². The Hall–Kier alpha value is -1.58. The van der Waals surface area contributed by atoms with E-state index in [0.717, 1.165) is 12.2 Å². The molecule has 0 aliphatic heterocycles. The Kier molecular flexibility index (Phi) is 4.77. The van der Waals surface area contributed by atoms with E-state index >= 15 is 0 Å². The van der Waals surface area contributed by atoms with E-state index in [2.05, 4.69) is 10.3 Å². The second kappa shape index (κ2) is 6.55. The van der Waals surface area contributed by atoms with Gasteiger partial charge >= 0.3 is 0 Å². The molecule has 104 valence electrons. The zero-order chi connectivity index (χ0) is 13.7. The Morgan fingerprint density at radius 2 is 2.16 bits per heavy atom. The maximum Gasteiger partial charge on any atom is 0.272 e. The molecule has 1 amide bonds. The van der Waals surface area contributed by atoms with E-state index in [1.165, 1.54) is 32.1 Å². The highest BCUT2D eigenvalue weighted by atomic mass is 16.2. The number of hydrogen-bond donors (Lipinski definition) is 1. The highest BCUT2D eigenvalue weighted by molar-refractivity contribution is 5.92. The summed E-state index contributed by atoms with van der Waals surface area (Å²) in [6, 6.07) is 3.66. The number of pyridine rings is 1. The summed E-state index contributed by atoms with van der Waals surface area (Å²) in [5, 5.41) is 3.03. The van der Waals surface area contributed by atoms with Crippen LogP contribution in [-0.2, 0) is 0 Å². The number of rotatable bonds is 4. The predicted molar refractivity (Wildman–Crippen MR) is 77.3 cm³/mol. The Labute approximate surface area is 115 Å². The fourth-order valence-corrected chi connectivity index (χ4v) is 2.74. The molecule has 4 nitrogen and oxygen atoms in total. The van der Waals surface area contributed by atoms with Gasteiger partial charge in [-0.05, 0) is 30.9 Å². The number of nitrogens with zero attached hydrogens (tertiary/aromatic N) is 2. The molecule has 19 heavy (non-hydrogen) atoms. The molecule has 4 heteroatoms. The summed E-state index contributed by atoms with van der Waals surface area (Å²) < 4.78 is 0.